The van der Waals surface area contributed by atoms with Crippen LogP contribution in [-0.4, -0.2) is 20.3 Å². The molecule has 102 valence electrons. The monoisotopic (exact) mass is 351 g/mol. The summed E-state index contributed by atoms with van der Waals surface area (Å²) in [4.78, 5) is 21.6. The maximum absolute atomic E-state index is 12.2. The lowest BCUT2D eigenvalue weighted by molar-refractivity contribution is 0.102. The second-order valence-corrected chi connectivity index (χ2v) is 6.21. The van der Waals surface area contributed by atoms with Gasteiger partial charge in [-0.25, -0.2) is 9.97 Å². The smallest absolute Gasteiger partial charge is 0.279 e. The number of amides is 1. The standard InChI is InChI=1S/C12H10BrN5OS/c1-6-5-15-12(20-6)17-11(19)8-9(14)18-4-2-3-7(13)10(18)16-8/h2-5H,14H2,1H3,(H,15,17,19). The molecule has 8 heteroatoms. The third-order valence-electron chi connectivity index (χ3n) is 2.70. The third kappa shape index (κ3) is 2.16. The molecule has 6 nitrogen and oxygen atoms in total. The third-order valence-corrected chi connectivity index (χ3v) is 4.14. The lowest BCUT2D eigenvalue weighted by atomic mass is 10.4. The summed E-state index contributed by atoms with van der Waals surface area (Å²) in [5, 5.41) is 3.23. The quantitative estimate of drug-likeness (QED) is 0.743. The second-order valence-electron chi connectivity index (χ2n) is 4.13. The number of aryl methyl sites for hydroxylation is 1. The van der Waals surface area contributed by atoms with Gasteiger partial charge in [-0.15, -0.1) is 11.3 Å². The summed E-state index contributed by atoms with van der Waals surface area (Å²) in [6, 6.07) is 3.66. The van der Waals surface area contributed by atoms with Gasteiger partial charge in [-0.3, -0.25) is 14.5 Å². The molecule has 1 amide bonds. The first-order chi connectivity index (χ1) is 9.56. The summed E-state index contributed by atoms with van der Waals surface area (Å²) in [6.07, 6.45) is 3.46. The molecule has 3 rings (SSSR count). The van der Waals surface area contributed by atoms with Crippen LogP contribution in [0.1, 0.15) is 15.4 Å². The lowest BCUT2D eigenvalue weighted by Crippen LogP contribution is -2.14. The van der Waals surface area contributed by atoms with Gasteiger partial charge in [0.15, 0.2) is 16.5 Å². The van der Waals surface area contributed by atoms with Gasteiger partial charge in [-0.2, -0.15) is 0 Å². The van der Waals surface area contributed by atoms with Gasteiger partial charge < -0.3 is 5.73 Å². The molecule has 0 bridgehead atoms. The van der Waals surface area contributed by atoms with Gasteiger partial charge in [0.1, 0.15) is 5.82 Å². The zero-order valence-corrected chi connectivity index (χ0v) is 12.8. The Hall–Kier alpha value is -1.93. The van der Waals surface area contributed by atoms with E-state index in [4.69, 9.17) is 5.73 Å². The molecule has 20 heavy (non-hydrogen) atoms. The van der Waals surface area contributed by atoms with Gasteiger partial charge in [0, 0.05) is 17.3 Å². The summed E-state index contributed by atoms with van der Waals surface area (Å²) >= 11 is 4.78. The van der Waals surface area contributed by atoms with Crippen molar-refractivity contribution in [1.82, 2.24) is 14.4 Å². The molecule has 0 fully saturated rings. The predicted octanol–water partition coefficient (Wildman–Crippen LogP) is 2.70. The lowest BCUT2D eigenvalue weighted by Gasteiger charge is -1.99. The van der Waals surface area contributed by atoms with Crippen molar-refractivity contribution in [2.24, 2.45) is 0 Å². The highest BCUT2D eigenvalue weighted by Crippen LogP contribution is 2.23. The Morgan fingerprint density at radius 3 is 3.00 bits per heavy atom. The molecular weight excluding hydrogens is 342 g/mol. The molecule has 0 aliphatic carbocycles. The van der Waals surface area contributed by atoms with E-state index in [1.165, 1.54) is 11.3 Å². The van der Waals surface area contributed by atoms with E-state index in [-0.39, 0.29) is 11.6 Å². The minimum Gasteiger partial charge on any atom is -0.383 e. The topological polar surface area (TPSA) is 85.3 Å². The minimum atomic E-state index is -0.368. The van der Waals surface area contributed by atoms with Crippen LogP contribution >= 0.6 is 27.3 Å². The Balaban J connectivity index is 1.99. The van der Waals surface area contributed by atoms with Crippen molar-refractivity contribution in [3.8, 4) is 0 Å². The number of thiazole rings is 1. The van der Waals surface area contributed by atoms with E-state index in [2.05, 4.69) is 31.2 Å². The molecule has 0 aromatic carbocycles. The van der Waals surface area contributed by atoms with Crippen molar-refractivity contribution in [2.45, 2.75) is 6.92 Å². The van der Waals surface area contributed by atoms with Gasteiger partial charge in [-0.05, 0) is 35.0 Å². The average Bonchev–Trinajstić information content (AvgIpc) is 2.95. The maximum atomic E-state index is 12.2. The molecule has 3 aromatic heterocycles. The molecule has 3 heterocycles. The number of halogens is 1. The number of rotatable bonds is 2. The molecule has 0 spiro atoms. The van der Waals surface area contributed by atoms with Crippen LogP contribution < -0.4 is 11.1 Å². The first-order valence-electron chi connectivity index (χ1n) is 5.72. The maximum Gasteiger partial charge on any atom is 0.279 e. The Bertz CT molecular complexity index is 809. The highest BCUT2D eigenvalue weighted by Gasteiger charge is 2.18. The van der Waals surface area contributed by atoms with Crippen molar-refractivity contribution in [3.63, 3.8) is 0 Å². The van der Waals surface area contributed by atoms with Gasteiger partial charge in [0.2, 0.25) is 0 Å². The Labute approximate surface area is 126 Å². The van der Waals surface area contributed by atoms with E-state index in [1.54, 1.807) is 16.8 Å². The highest BCUT2D eigenvalue weighted by atomic mass is 79.9. The molecule has 3 aromatic rings. The van der Waals surface area contributed by atoms with Crippen LogP contribution in [0, 0.1) is 6.92 Å². The average molecular weight is 352 g/mol. The largest absolute Gasteiger partial charge is 0.383 e. The number of anilines is 2. The molecule has 0 atom stereocenters. The van der Waals surface area contributed by atoms with Crippen molar-refractivity contribution >= 4 is 49.8 Å². The molecular formula is C12H10BrN5OS. The number of hydrogen-bond donors (Lipinski definition) is 2. The number of hydrogen-bond acceptors (Lipinski definition) is 5. The Kier molecular flexibility index (Phi) is 3.19. The number of fused-ring (bicyclic) bond motifs is 1. The number of nitrogens with zero attached hydrogens (tertiary/aromatic N) is 3. The second kappa shape index (κ2) is 4.88. The van der Waals surface area contributed by atoms with Crippen LogP contribution in [0.15, 0.2) is 29.0 Å². The number of pyridine rings is 1. The molecule has 0 saturated heterocycles. The fraction of sp³-hybridized carbons (Fsp3) is 0.0833. The summed E-state index contributed by atoms with van der Waals surface area (Å²) in [7, 11) is 0. The van der Waals surface area contributed by atoms with Crippen LogP contribution in [0.2, 0.25) is 0 Å². The number of nitrogens with two attached hydrogens (primary N) is 1. The number of carbonyl (C=O) groups is 1. The fourth-order valence-corrected chi connectivity index (χ4v) is 2.88. The van der Waals surface area contributed by atoms with Crippen LogP contribution in [0.4, 0.5) is 10.9 Å². The summed E-state index contributed by atoms with van der Waals surface area (Å²) < 4.78 is 2.43. The SMILES string of the molecule is Cc1cnc(NC(=O)c2nc3c(Br)cccn3c2N)s1. The van der Waals surface area contributed by atoms with Crippen molar-refractivity contribution < 1.29 is 4.79 Å². The molecule has 0 radical (unpaired) electrons. The van der Waals surface area contributed by atoms with Gasteiger partial charge >= 0.3 is 0 Å². The van der Waals surface area contributed by atoms with Crippen molar-refractivity contribution in [3.05, 3.63) is 39.6 Å². The Morgan fingerprint density at radius 1 is 1.55 bits per heavy atom. The van der Waals surface area contributed by atoms with Gasteiger partial charge in [-0.1, -0.05) is 0 Å². The van der Waals surface area contributed by atoms with Crippen molar-refractivity contribution in [1.29, 1.82) is 0 Å². The van der Waals surface area contributed by atoms with Crippen LogP contribution in [-0.2, 0) is 0 Å². The van der Waals surface area contributed by atoms with E-state index < -0.39 is 0 Å². The van der Waals surface area contributed by atoms with E-state index in [9.17, 15) is 4.79 Å². The van der Waals surface area contributed by atoms with Gasteiger partial charge in [0.25, 0.3) is 5.91 Å². The summed E-state index contributed by atoms with van der Waals surface area (Å²) in [5.74, 6) is -0.0699. The highest BCUT2D eigenvalue weighted by molar-refractivity contribution is 9.10. The van der Waals surface area contributed by atoms with Crippen molar-refractivity contribution in [2.75, 3.05) is 11.1 Å². The number of nitrogens with one attached hydrogen (secondary N) is 1. The van der Waals surface area contributed by atoms with E-state index >= 15 is 0 Å². The fourth-order valence-electron chi connectivity index (χ4n) is 1.79. The van der Waals surface area contributed by atoms with Crippen LogP contribution in [0.3, 0.4) is 0 Å². The zero-order valence-electron chi connectivity index (χ0n) is 10.4. The number of imidazole rings is 1. The number of carbonyl (C=O) groups excluding carboxylic acids is 1. The van der Waals surface area contributed by atoms with Crippen LogP contribution in [0.25, 0.3) is 5.65 Å². The normalized spacial score (nSPS) is 10.9. The molecule has 0 unspecified atom stereocenters. The van der Waals surface area contributed by atoms with E-state index in [0.717, 1.165) is 9.35 Å². The Morgan fingerprint density at radius 2 is 2.35 bits per heavy atom. The predicted molar refractivity (Wildman–Crippen MR) is 82.1 cm³/mol. The van der Waals surface area contributed by atoms with Gasteiger partial charge in [0.05, 0.1) is 4.47 Å². The number of aromatic nitrogens is 3. The summed E-state index contributed by atoms with van der Waals surface area (Å²) in [5.41, 5.74) is 6.76. The van der Waals surface area contributed by atoms with Crippen LogP contribution in [0.5, 0.6) is 0 Å². The minimum absolute atomic E-state index is 0.185. The first-order valence-corrected chi connectivity index (χ1v) is 7.33. The molecule has 0 aliphatic rings. The number of nitrogen functional groups attached to an aromatic ring is 1. The van der Waals surface area contributed by atoms with E-state index in [1.807, 2.05) is 19.1 Å². The first kappa shape index (κ1) is 13.1. The molecule has 3 N–H and O–H groups in total. The van der Waals surface area contributed by atoms with E-state index in [0.29, 0.717) is 16.6 Å². The molecule has 0 aliphatic heterocycles. The molecule has 0 saturated carbocycles. The zero-order chi connectivity index (χ0) is 14.3. The summed E-state index contributed by atoms with van der Waals surface area (Å²) in [6.45, 7) is 1.92.